The van der Waals surface area contributed by atoms with Crippen molar-refractivity contribution in [1.29, 1.82) is 0 Å². The normalized spacial score (nSPS) is 10.7. The van der Waals surface area contributed by atoms with Crippen LogP contribution in [0.4, 0.5) is 0 Å². The second-order valence-corrected chi connectivity index (χ2v) is 9.74. The summed E-state index contributed by atoms with van der Waals surface area (Å²) < 4.78 is 5.28. The topological polar surface area (TPSA) is 63.6 Å². The number of aromatic carboxylic acids is 1. The molecule has 1 aromatic carbocycles. The summed E-state index contributed by atoms with van der Waals surface area (Å²) in [6.45, 7) is 2.71. The summed E-state index contributed by atoms with van der Waals surface area (Å²) in [6.07, 6.45) is 26.9. The monoisotopic (exact) mass is 516 g/mol. The van der Waals surface area contributed by atoms with Crippen LogP contribution in [0.2, 0.25) is 0 Å². The zero-order chi connectivity index (χ0) is 24.7. The first-order chi connectivity index (χ1) is 16.6. The van der Waals surface area contributed by atoms with Crippen molar-refractivity contribution >= 4 is 49.7 Å². The van der Waals surface area contributed by atoms with E-state index in [-0.39, 0.29) is 52.1 Å². The van der Waals surface area contributed by atoms with Gasteiger partial charge in [0.05, 0.1) is 17.7 Å². The summed E-state index contributed by atoms with van der Waals surface area (Å²) >= 11 is 0. The van der Waals surface area contributed by atoms with Gasteiger partial charge in [-0.15, -0.1) is 0 Å². The number of unbranched alkanes of at least 4 members (excludes halogenated alkanes) is 19. The molecule has 1 aromatic rings. The van der Waals surface area contributed by atoms with Crippen LogP contribution in [0.15, 0.2) is 24.3 Å². The van der Waals surface area contributed by atoms with Gasteiger partial charge < -0.3 is 12.7 Å². The van der Waals surface area contributed by atoms with Gasteiger partial charge in [0.1, 0.15) is 0 Å². The van der Waals surface area contributed by atoms with Crippen molar-refractivity contribution in [2.45, 2.75) is 135 Å². The van der Waals surface area contributed by atoms with Crippen LogP contribution in [-0.4, -0.2) is 61.4 Å². The largest absolute Gasteiger partial charge is 2.00 e. The van der Waals surface area contributed by atoms with Crippen molar-refractivity contribution < 1.29 is 22.3 Å². The average molecular weight is 517 g/mol. The zero-order valence-electron chi connectivity index (χ0n) is 24.5. The van der Waals surface area contributed by atoms with E-state index in [1.165, 1.54) is 140 Å². The van der Waals surface area contributed by atoms with Crippen LogP contribution < -0.4 is 0 Å². The van der Waals surface area contributed by atoms with Crippen molar-refractivity contribution in [3.8, 4) is 0 Å². The minimum absolute atomic E-state index is 0. The molecule has 0 unspecified atom stereocenters. The van der Waals surface area contributed by atoms with Crippen molar-refractivity contribution in [3.05, 3.63) is 35.4 Å². The Balaban J connectivity index is -0.00000385. The molecule has 35 heavy (non-hydrogen) atoms. The van der Waals surface area contributed by atoms with Gasteiger partial charge >= 0.3 is 49.7 Å². The molecule has 198 valence electrons. The Labute approximate surface area is 248 Å². The van der Waals surface area contributed by atoms with Gasteiger partial charge in [-0.3, -0.25) is 0 Å². The van der Waals surface area contributed by atoms with E-state index in [9.17, 15) is 9.59 Å². The molecule has 0 atom stereocenters. The quantitative estimate of drug-likeness (QED) is 0.0894. The van der Waals surface area contributed by atoms with Gasteiger partial charge in [-0.2, -0.15) is 0 Å². The van der Waals surface area contributed by atoms with Crippen LogP contribution >= 0.6 is 0 Å². The first-order valence-corrected chi connectivity index (χ1v) is 14.2. The molecule has 1 N–H and O–H groups in total. The minimum atomic E-state index is -0.996. The molecule has 5 heteroatoms. The predicted molar refractivity (Wildman–Crippen MR) is 150 cm³/mol. The number of hydrogen-bond donors (Lipinski definition) is 1. The van der Waals surface area contributed by atoms with E-state index in [2.05, 4.69) is 6.92 Å². The Morgan fingerprint density at radius 3 is 1.26 bits per heavy atom. The summed E-state index contributed by atoms with van der Waals surface area (Å²) in [5.74, 6) is -1.38. The predicted octanol–water partition coefficient (Wildman–Crippen LogP) is 9.21. The van der Waals surface area contributed by atoms with Gasteiger partial charge in [0.2, 0.25) is 0 Å². The maximum absolute atomic E-state index is 12.0. The number of carbonyl (C=O) groups is 2. The zero-order valence-corrected chi connectivity index (χ0v) is 24.7. The van der Waals surface area contributed by atoms with Gasteiger partial charge in [-0.1, -0.05) is 129 Å². The number of carboxylic acid groups (broad SMARTS) is 1. The molecule has 0 saturated carbocycles. The van der Waals surface area contributed by atoms with E-state index < -0.39 is 5.97 Å². The van der Waals surface area contributed by atoms with Crippen LogP contribution in [0, 0.1) is 0 Å². The Morgan fingerprint density at radius 1 is 0.600 bits per heavy atom. The van der Waals surface area contributed by atoms with Crippen molar-refractivity contribution in [2.75, 3.05) is 6.61 Å². The van der Waals surface area contributed by atoms with E-state index in [0.717, 1.165) is 12.8 Å². The van der Waals surface area contributed by atoms with Crippen molar-refractivity contribution in [3.63, 3.8) is 0 Å². The van der Waals surface area contributed by atoms with Gasteiger partial charge in [0.15, 0.2) is 0 Å². The van der Waals surface area contributed by atoms with Gasteiger partial charge in [0, 0.05) is 0 Å². The second-order valence-electron chi connectivity index (χ2n) is 9.74. The standard InChI is InChI=1S/C30H50O4.Ca.2H/c1-2-3-4-5-6-7-8-9-10-11-12-13-14-15-16-17-18-19-20-21-26-34-30(33)28-24-22-27(23-25-28)29(31)32;;;/h22-25H,2-21,26H2,1H3,(H,31,32);;;/q;+2;2*-1. The van der Waals surface area contributed by atoms with Crippen LogP contribution in [0.5, 0.6) is 0 Å². The van der Waals surface area contributed by atoms with Crippen LogP contribution in [-0.2, 0) is 4.74 Å². The third-order valence-corrected chi connectivity index (χ3v) is 6.60. The molecule has 0 aliphatic carbocycles. The Morgan fingerprint density at radius 2 is 0.914 bits per heavy atom. The van der Waals surface area contributed by atoms with E-state index >= 15 is 0 Å². The molecular formula is C30H52CaO4. The molecular weight excluding hydrogens is 464 g/mol. The molecule has 0 aliphatic rings. The number of ether oxygens (including phenoxy) is 1. The number of esters is 1. The molecule has 0 fully saturated rings. The molecule has 0 aliphatic heterocycles. The number of rotatable bonds is 23. The van der Waals surface area contributed by atoms with E-state index in [0.29, 0.717) is 12.2 Å². The smallest absolute Gasteiger partial charge is 1.00 e. The molecule has 0 saturated heterocycles. The summed E-state index contributed by atoms with van der Waals surface area (Å²) in [4.78, 5) is 22.8. The minimum Gasteiger partial charge on any atom is -1.00 e. The van der Waals surface area contributed by atoms with Gasteiger partial charge in [-0.05, 0) is 30.7 Å². The fourth-order valence-corrected chi connectivity index (χ4v) is 4.35. The van der Waals surface area contributed by atoms with E-state index in [1.54, 1.807) is 0 Å². The van der Waals surface area contributed by atoms with Crippen LogP contribution in [0.3, 0.4) is 0 Å². The molecule has 0 bridgehead atoms. The molecule has 4 nitrogen and oxygen atoms in total. The maximum Gasteiger partial charge on any atom is 2.00 e. The average Bonchev–Trinajstić information content (AvgIpc) is 2.85. The Hall–Kier alpha value is -0.580. The number of carbonyl (C=O) groups excluding carboxylic acids is 1. The Bertz CT molecular complexity index is 641. The first kappa shape index (κ1) is 34.4. The molecule has 0 heterocycles. The first-order valence-electron chi connectivity index (χ1n) is 14.2. The molecule has 1 rings (SSSR count). The number of hydrogen-bond acceptors (Lipinski definition) is 3. The van der Waals surface area contributed by atoms with Crippen molar-refractivity contribution in [2.24, 2.45) is 0 Å². The molecule has 0 spiro atoms. The second kappa shape index (κ2) is 25.1. The summed E-state index contributed by atoms with van der Waals surface area (Å²) in [5.41, 5.74) is 0.573. The summed E-state index contributed by atoms with van der Waals surface area (Å²) in [6, 6.07) is 5.86. The third kappa shape index (κ3) is 20.2. The SMILES string of the molecule is CCCCCCCCCCCCCCCCCCCCCCOC(=O)c1ccc(C(=O)O)cc1.[Ca+2].[H-].[H-]. The third-order valence-electron chi connectivity index (χ3n) is 6.60. The fraction of sp³-hybridized carbons (Fsp3) is 0.733. The molecule has 0 amide bonds. The molecule has 0 radical (unpaired) electrons. The Kier molecular flexibility index (Phi) is 24.7. The van der Waals surface area contributed by atoms with E-state index in [1.807, 2.05) is 0 Å². The van der Waals surface area contributed by atoms with Gasteiger partial charge in [-0.25, -0.2) is 9.59 Å². The fourth-order valence-electron chi connectivity index (χ4n) is 4.35. The summed E-state index contributed by atoms with van der Waals surface area (Å²) in [7, 11) is 0. The van der Waals surface area contributed by atoms with Gasteiger partial charge in [0.25, 0.3) is 0 Å². The van der Waals surface area contributed by atoms with Crippen molar-refractivity contribution in [1.82, 2.24) is 0 Å². The number of carboxylic acids is 1. The molecule has 0 aromatic heterocycles. The van der Waals surface area contributed by atoms with Crippen LogP contribution in [0.25, 0.3) is 0 Å². The maximum atomic E-state index is 12.0. The van der Waals surface area contributed by atoms with Crippen LogP contribution in [0.1, 0.15) is 159 Å². The summed E-state index contributed by atoms with van der Waals surface area (Å²) in [5, 5.41) is 8.89. The van der Waals surface area contributed by atoms with E-state index in [4.69, 9.17) is 9.84 Å². The number of benzene rings is 1.